The van der Waals surface area contributed by atoms with E-state index in [4.69, 9.17) is 11.6 Å². The van der Waals surface area contributed by atoms with Gasteiger partial charge in [0.1, 0.15) is 0 Å². The van der Waals surface area contributed by atoms with Crippen LogP contribution in [-0.4, -0.2) is 41.3 Å². The lowest BCUT2D eigenvalue weighted by Crippen LogP contribution is -2.41. The molecule has 0 bridgehead atoms. The summed E-state index contributed by atoms with van der Waals surface area (Å²) in [6, 6.07) is 10.9. The fourth-order valence-corrected chi connectivity index (χ4v) is 3.36. The fraction of sp³-hybridized carbons (Fsp3) is 0.350. The van der Waals surface area contributed by atoms with Crippen molar-refractivity contribution < 1.29 is 9.59 Å². The predicted octanol–water partition coefficient (Wildman–Crippen LogP) is 2.95. The van der Waals surface area contributed by atoms with E-state index >= 15 is 0 Å². The number of nitrogens with zero attached hydrogens (tertiary/aromatic N) is 2. The first-order valence-electron chi connectivity index (χ1n) is 8.83. The summed E-state index contributed by atoms with van der Waals surface area (Å²) >= 11 is 6.09. The zero-order chi connectivity index (χ0) is 18.4. The maximum absolute atomic E-state index is 12.4. The number of pyridine rings is 1. The SMILES string of the molecule is O=C(Cc1ccccc1Cl)NCC1CCN(C(=O)c2ccncc2)CC1. The number of carbonyl (C=O) groups is 2. The zero-order valence-electron chi connectivity index (χ0n) is 14.5. The highest BCUT2D eigenvalue weighted by Gasteiger charge is 2.23. The highest BCUT2D eigenvalue weighted by molar-refractivity contribution is 6.31. The molecule has 0 radical (unpaired) electrons. The van der Waals surface area contributed by atoms with Crippen molar-refractivity contribution in [2.45, 2.75) is 19.3 Å². The first kappa shape index (κ1) is 18.4. The Bertz CT molecular complexity index is 759. The number of rotatable bonds is 5. The smallest absolute Gasteiger partial charge is 0.253 e. The molecule has 136 valence electrons. The van der Waals surface area contributed by atoms with E-state index in [1.807, 2.05) is 23.1 Å². The van der Waals surface area contributed by atoms with Gasteiger partial charge in [-0.1, -0.05) is 29.8 Å². The van der Waals surface area contributed by atoms with E-state index in [1.54, 1.807) is 30.6 Å². The van der Waals surface area contributed by atoms with Crippen molar-refractivity contribution in [3.8, 4) is 0 Å². The predicted molar refractivity (Wildman–Crippen MR) is 101 cm³/mol. The number of hydrogen-bond acceptors (Lipinski definition) is 3. The molecule has 0 aliphatic carbocycles. The summed E-state index contributed by atoms with van der Waals surface area (Å²) in [7, 11) is 0. The normalized spacial score (nSPS) is 14.9. The van der Waals surface area contributed by atoms with Crippen LogP contribution in [0.2, 0.25) is 5.02 Å². The monoisotopic (exact) mass is 371 g/mol. The molecule has 3 rings (SSSR count). The summed E-state index contributed by atoms with van der Waals surface area (Å²) in [6.07, 6.45) is 5.34. The molecule has 1 aliphatic heterocycles. The number of piperidine rings is 1. The van der Waals surface area contributed by atoms with Crippen LogP contribution in [0.1, 0.15) is 28.8 Å². The van der Waals surface area contributed by atoms with Gasteiger partial charge in [-0.05, 0) is 42.5 Å². The van der Waals surface area contributed by atoms with Crippen molar-refractivity contribution in [2.75, 3.05) is 19.6 Å². The number of hydrogen-bond donors (Lipinski definition) is 1. The van der Waals surface area contributed by atoms with Gasteiger partial charge >= 0.3 is 0 Å². The summed E-state index contributed by atoms with van der Waals surface area (Å²) in [4.78, 5) is 30.4. The van der Waals surface area contributed by atoms with E-state index in [0.717, 1.165) is 18.4 Å². The summed E-state index contributed by atoms with van der Waals surface area (Å²) in [6.45, 7) is 2.07. The van der Waals surface area contributed by atoms with E-state index in [2.05, 4.69) is 10.3 Å². The minimum absolute atomic E-state index is 0.0200. The van der Waals surface area contributed by atoms with Crippen LogP contribution in [0.3, 0.4) is 0 Å². The van der Waals surface area contributed by atoms with Crippen molar-refractivity contribution in [2.24, 2.45) is 5.92 Å². The van der Waals surface area contributed by atoms with Gasteiger partial charge in [0.15, 0.2) is 0 Å². The Morgan fingerprint density at radius 1 is 1.12 bits per heavy atom. The van der Waals surface area contributed by atoms with Gasteiger partial charge in [0.2, 0.25) is 5.91 Å². The zero-order valence-corrected chi connectivity index (χ0v) is 15.3. The Balaban J connectivity index is 1.42. The van der Waals surface area contributed by atoms with Gasteiger partial charge in [-0.2, -0.15) is 0 Å². The van der Waals surface area contributed by atoms with Gasteiger partial charge in [0, 0.05) is 42.6 Å². The van der Waals surface area contributed by atoms with E-state index < -0.39 is 0 Å². The lowest BCUT2D eigenvalue weighted by atomic mass is 9.96. The lowest BCUT2D eigenvalue weighted by Gasteiger charge is -2.32. The quantitative estimate of drug-likeness (QED) is 0.878. The number of benzene rings is 1. The molecule has 1 aromatic carbocycles. The number of aromatic nitrogens is 1. The summed E-state index contributed by atoms with van der Waals surface area (Å²) in [5.41, 5.74) is 1.51. The fourth-order valence-electron chi connectivity index (χ4n) is 3.15. The summed E-state index contributed by atoms with van der Waals surface area (Å²) < 4.78 is 0. The molecule has 5 nitrogen and oxygen atoms in total. The van der Waals surface area contributed by atoms with Crippen LogP contribution in [0.4, 0.5) is 0 Å². The molecule has 2 heterocycles. The molecule has 2 aromatic rings. The van der Waals surface area contributed by atoms with E-state index in [-0.39, 0.29) is 11.8 Å². The molecule has 1 aliphatic rings. The van der Waals surface area contributed by atoms with Crippen molar-refractivity contribution >= 4 is 23.4 Å². The molecular formula is C20H22ClN3O2. The maximum atomic E-state index is 12.4. The second kappa shape index (κ2) is 8.81. The van der Waals surface area contributed by atoms with E-state index in [9.17, 15) is 9.59 Å². The Morgan fingerprint density at radius 3 is 2.50 bits per heavy atom. The average Bonchev–Trinajstić information content (AvgIpc) is 2.69. The molecule has 0 atom stereocenters. The number of halogens is 1. The Labute approximate surface area is 158 Å². The number of nitrogens with one attached hydrogen (secondary N) is 1. The summed E-state index contributed by atoms with van der Waals surface area (Å²) in [5.74, 6) is 0.425. The van der Waals surface area contributed by atoms with Crippen LogP contribution >= 0.6 is 11.6 Å². The van der Waals surface area contributed by atoms with Gasteiger partial charge in [-0.15, -0.1) is 0 Å². The van der Waals surface area contributed by atoms with Gasteiger partial charge in [0.05, 0.1) is 6.42 Å². The second-order valence-electron chi connectivity index (χ2n) is 6.54. The standard InChI is InChI=1S/C20H22ClN3O2/c21-18-4-2-1-3-17(18)13-19(25)23-14-15-7-11-24(12-8-15)20(26)16-5-9-22-10-6-16/h1-6,9-10,15H,7-8,11-14H2,(H,23,25). The van der Waals surface area contributed by atoms with Gasteiger partial charge in [-0.3, -0.25) is 14.6 Å². The number of likely N-dealkylation sites (tertiary alicyclic amines) is 1. The third kappa shape index (κ3) is 4.82. The van der Waals surface area contributed by atoms with Crippen LogP contribution < -0.4 is 5.32 Å². The Hall–Kier alpha value is -2.40. The van der Waals surface area contributed by atoms with Crippen molar-refractivity contribution in [1.29, 1.82) is 0 Å². The first-order chi connectivity index (χ1) is 12.6. The molecule has 0 unspecified atom stereocenters. The summed E-state index contributed by atoms with van der Waals surface area (Å²) in [5, 5.41) is 3.61. The number of carbonyl (C=O) groups excluding carboxylic acids is 2. The molecule has 1 saturated heterocycles. The molecule has 1 N–H and O–H groups in total. The highest BCUT2D eigenvalue weighted by Crippen LogP contribution is 2.19. The molecule has 1 fully saturated rings. The van der Waals surface area contributed by atoms with Crippen LogP contribution in [0.15, 0.2) is 48.8 Å². The molecule has 2 amide bonds. The number of amides is 2. The minimum Gasteiger partial charge on any atom is -0.356 e. The van der Waals surface area contributed by atoms with Crippen LogP contribution in [-0.2, 0) is 11.2 Å². The van der Waals surface area contributed by atoms with Gasteiger partial charge in [0.25, 0.3) is 5.91 Å². The van der Waals surface area contributed by atoms with E-state index in [1.165, 1.54) is 0 Å². The molecular weight excluding hydrogens is 350 g/mol. The van der Waals surface area contributed by atoms with Crippen molar-refractivity contribution in [3.63, 3.8) is 0 Å². The van der Waals surface area contributed by atoms with Gasteiger partial charge < -0.3 is 10.2 Å². The molecule has 0 spiro atoms. The van der Waals surface area contributed by atoms with Crippen molar-refractivity contribution in [1.82, 2.24) is 15.2 Å². The van der Waals surface area contributed by atoms with Gasteiger partial charge in [-0.25, -0.2) is 0 Å². The largest absolute Gasteiger partial charge is 0.356 e. The Morgan fingerprint density at radius 2 is 1.81 bits per heavy atom. The minimum atomic E-state index is -0.0200. The van der Waals surface area contributed by atoms with Crippen LogP contribution in [0.5, 0.6) is 0 Å². The Kier molecular flexibility index (Phi) is 6.23. The maximum Gasteiger partial charge on any atom is 0.253 e. The molecule has 1 aromatic heterocycles. The molecule has 26 heavy (non-hydrogen) atoms. The third-order valence-electron chi connectivity index (χ3n) is 4.73. The first-order valence-corrected chi connectivity index (χ1v) is 9.20. The van der Waals surface area contributed by atoms with Crippen molar-refractivity contribution in [3.05, 3.63) is 64.9 Å². The topological polar surface area (TPSA) is 62.3 Å². The second-order valence-corrected chi connectivity index (χ2v) is 6.95. The van der Waals surface area contributed by atoms with Crippen LogP contribution in [0, 0.1) is 5.92 Å². The van der Waals surface area contributed by atoms with Crippen LogP contribution in [0.25, 0.3) is 0 Å². The molecule has 6 heteroatoms. The van der Waals surface area contributed by atoms with E-state index in [0.29, 0.717) is 42.6 Å². The highest BCUT2D eigenvalue weighted by atomic mass is 35.5. The third-order valence-corrected chi connectivity index (χ3v) is 5.09. The molecule has 0 saturated carbocycles. The average molecular weight is 372 g/mol. The lowest BCUT2D eigenvalue weighted by molar-refractivity contribution is -0.120.